The van der Waals surface area contributed by atoms with Gasteiger partial charge in [0.05, 0.1) is 13.1 Å². The fourth-order valence-corrected chi connectivity index (χ4v) is 5.68. The van der Waals surface area contributed by atoms with Crippen molar-refractivity contribution in [2.75, 3.05) is 0 Å². The van der Waals surface area contributed by atoms with Crippen LogP contribution in [0.4, 0.5) is 0 Å². The van der Waals surface area contributed by atoms with Crippen LogP contribution in [0.15, 0.2) is 13.6 Å². The summed E-state index contributed by atoms with van der Waals surface area (Å²) in [5.74, 6) is 0.0141. The van der Waals surface area contributed by atoms with Crippen LogP contribution in [0.5, 0.6) is 0 Å². The molecular weight excluding hydrogens is 446 g/mol. The summed E-state index contributed by atoms with van der Waals surface area (Å²) in [5, 5.41) is 3.15. The zero-order valence-electron chi connectivity index (χ0n) is 9.72. The molecule has 1 aliphatic carbocycles. The number of nitrogens with one attached hydrogen (secondary N) is 1. The van der Waals surface area contributed by atoms with Crippen LogP contribution in [0.2, 0.25) is 0 Å². The van der Waals surface area contributed by atoms with Crippen molar-refractivity contribution in [1.29, 1.82) is 0 Å². The summed E-state index contributed by atoms with van der Waals surface area (Å²) in [6.07, 6.45) is 5.91. The van der Waals surface area contributed by atoms with E-state index in [4.69, 9.17) is 0 Å². The Bertz CT molecular complexity index is 435. The molecule has 1 heterocycles. The Balaban J connectivity index is 2.04. The number of carbonyl (C=O) groups is 1. The van der Waals surface area contributed by atoms with E-state index in [0.717, 1.165) is 26.0 Å². The van der Waals surface area contributed by atoms with Gasteiger partial charge < -0.3 is 5.32 Å². The number of thiophene rings is 1. The predicted octanol–water partition coefficient (Wildman–Crippen LogP) is 5.10. The Morgan fingerprint density at radius 2 is 2.00 bits per heavy atom. The molecule has 0 spiro atoms. The van der Waals surface area contributed by atoms with Crippen LogP contribution in [-0.2, 0) is 0 Å². The van der Waals surface area contributed by atoms with Crippen molar-refractivity contribution in [1.82, 2.24) is 5.32 Å². The van der Waals surface area contributed by atoms with Crippen molar-refractivity contribution in [2.45, 2.75) is 43.0 Å². The molecule has 0 aromatic carbocycles. The third-order valence-electron chi connectivity index (χ3n) is 3.15. The zero-order valence-corrected chi connectivity index (χ0v) is 15.3. The largest absolute Gasteiger partial charge is 0.348 e. The maximum Gasteiger partial charge on any atom is 0.253 e. The van der Waals surface area contributed by atoms with Crippen molar-refractivity contribution >= 4 is 65.0 Å². The molecule has 1 N–H and O–H groups in total. The van der Waals surface area contributed by atoms with Crippen molar-refractivity contribution < 1.29 is 4.79 Å². The Morgan fingerprint density at radius 3 is 2.67 bits per heavy atom. The first-order valence-electron chi connectivity index (χ1n) is 5.97. The van der Waals surface area contributed by atoms with E-state index in [1.165, 1.54) is 30.6 Å². The van der Waals surface area contributed by atoms with Crippen LogP contribution in [0.25, 0.3) is 0 Å². The van der Waals surface area contributed by atoms with Gasteiger partial charge in [0.1, 0.15) is 0 Å². The van der Waals surface area contributed by atoms with E-state index in [9.17, 15) is 4.79 Å². The molecule has 2 rings (SSSR count). The molecular formula is C12H14Br3NOS. The molecule has 2 unspecified atom stereocenters. The second kappa shape index (κ2) is 6.86. The van der Waals surface area contributed by atoms with Crippen molar-refractivity contribution in [3.8, 4) is 0 Å². The van der Waals surface area contributed by atoms with Gasteiger partial charge in [-0.05, 0) is 50.8 Å². The van der Waals surface area contributed by atoms with E-state index in [-0.39, 0.29) is 11.9 Å². The number of hydrogen-bond donors (Lipinski definition) is 1. The summed E-state index contributed by atoms with van der Waals surface area (Å²) in [4.78, 5) is 12.6. The number of alkyl halides is 1. The number of carbonyl (C=O) groups excluding carboxylic acids is 1. The van der Waals surface area contributed by atoms with E-state index in [1.807, 2.05) is 6.07 Å². The van der Waals surface area contributed by atoms with Gasteiger partial charge in [-0.25, -0.2) is 0 Å². The highest BCUT2D eigenvalue weighted by Crippen LogP contribution is 2.32. The molecule has 1 fully saturated rings. The first kappa shape index (κ1) is 15.0. The summed E-state index contributed by atoms with van der Waals surface area (Å²) in [5.41, 5.74) is 0.718. The monoisotopic (exact) mass is 457 g/mol. The first-order chi connectivity index (χ1) is 8.58. The molecule has 0 saturated heterocycles. The molecule has 0 aliphatic heterocycles. The molecule has 1 amide bonds. The molecule has 6 heteroatoms. The summed E-state index contributed by atoms with van der Waals surface area (Å²) < 4.78 is 1.85. The van der Waals surface area contributed by atoms with E-state index in [1.54, 1.807) is 0 Å². The van der Waals surface area contributed by atoms with Gasteiger partial charge in [-0.2, -0.15) is 0 Å². The third kappa shape index (κ3) is 3.81. The Hall–Kier alpha value is 0.610. The summed E-state index contributed by atoms with van der Waals surface area (Å²) in [6.45, 7) is 0. The lowest BCUT2D eigenvalue weighted by Crippen LogP contribution is -2.40. The summed E-state index contributed by atoms with van der Waals surface area (Å²) >= 11 is 12.1. The number of halogens is 3. The van der Waals surface area contributed by atoms with Gasteiger partial charge in [0.15, 0.2) is 0 Å². The normalized spacial score (nSPS) is 24.6. The van der Waals surface area contributed by atoms with Gasteiger partial charge in [-0.1, -0.05) is 35.2 Å². The fraction of sp³-hybridized carbons (Fsp3) is 0.583. The molecule has 0 radical (unpaired) electrons. The molecule has 2 atom stereocenters. The average Bonchev–Trinajstić information content (AvgIpc) is 2.52. The maximum atomic E-state index is 12.2. The van der Waals surface area contributed by atoms with Gasteiger partial charge in [-0.15, -0.1) is 11.3 Å². The molecule has 1 aromatic rings. The van der Waals surface area contributed by atoms with Crippen LogP contribution in [-0.4, -0.2) is 16.8 Å². The van der Waals surface area contributed by atoms with Crippen molar-refractivity contribution in [3.05, 3.63) is 19.2 Å². The molecule has 2 nitrogen and oxygen atoms in total. The topological polar surface area (TPSA) is 29.1 Å². The predicted molar refractivity (Wildman–Crippen MR) is 86.8 cm³/mol. The van der Waals surface area contributed by atoms with Gasteiger partial charge in [-0.3, -0.25) is 4.79 Å². The highest BCUT2D eigenvalue weighted by atomic mass is 79.9. The van der Waals surface area contributed by atoms with Gasteiger partial charge in [0.2, 0.25) is 0 Å². The van der Waals surface area contributed by atoms with E-state index in [2.05, 4.69) is 53.1 Å². The van der Waals surface area contributed by atoms with Gasteiger partial charge in [0, 0.05) is 10.9 Å². The van der Waals surface area contributed by atoms with Gasteiger partial charge in [0.25, 0.3) is 5.91 Å². The lowest BCUT2D eigenvalue weighted by atomic mass is 10.1. The highest BCUT2D eigenvalue weighted by Gasteiger charge is 2.24. The molecule has 18 heavy (non-hydrogen) atoms. The molecule has 1 aliphatic rings. The second-order valence-corrected chi connectivity index (χ2v) is 9.40. The minimum absolute atomic E-state index is 0.0141. The minimum Gasteiger partial charge on any atom is -0.348 e. The Morgan fingerprint density at radius 1 is 1.28 bits per heavy atom. The molecule has 100 valence electrons. The van der Waals surface area contributed by atoms with Crippen molar-refractivity contribution in [2.24, 2.45) is 0 Å². The Kier molecular flexibility index (Phi) is 5.72. The average molecular weight is 460 g/mol. The first-order valence-corrected chi connectivity index (χ1v) is 9.29. The molecule has 0 bridgehead atoms. The number of rotatable bonds is 2. The van der Waals surface area contributed by atoms with Crippen LogP contribution in [0.3, 0.4) is 0 Å². The molecule has 1 aromatic heterocycles. The van der Waals surface area contributed by atoms with Crippen LogP contribution in [0, 0.1) is 0 Å². The SMILES string of the molecule is O=C(NC1CCCCCC1Br)c1cc(Br)sc1Br. The van der Waals surface area contributed by atoms with Gasteiger partial charge >= 0.3 is 0 Å². The molecule has 1 saturated carbocycles. The van der Waals surface area contributed by atoms with E-state index < -0.39 is 0 Å². The van der Waals surface area contributed by atoms with E-state index in [0.29, 0.717) is 4.83 Å². The van der Waals surface area contributed by atoms with Crippen molar-refractivity contribution in [3.63, 3.8) is 0 Å². The van der Waals surface area contributed by atoms with Crippen LogP contribution >= 0.6 is 59.1 Å². The number of amides is 1. The maximum absolute atomic E-state index is 12.2. The van der Waals surface area contributed by atoms with E-state index >= 15 is 0 Å². The highest BCUT2D eigenvalue weighted by molar-refractivity contribution is 9.12. The number of hydrogen-bond acceptors (Lipinski definition) is 2. The third-order valence-corrected chi connectivity index (χ3v) is 6.58. The summed E-state index contributed by atoms with van der Waals surface area (Å²) in [6, 6.07) is 2.11. The summed E-state index contributed by atoms with van der Waals surface area (Å²) in [7, 11) is 0. The lowest BCUT2D eigenvalue weighted by molar-refractivity contribution is 0.0934. The van der Waals surface area contributed by atoms with Crippen LogP contribution in [0.1, 0.15) is 42.5 Å². The Labute approximate surface area is 136 Å². The quantitative estimate of drug-likeness (QED) is 0.484. The standard InChI is InChI=1S/C12H14Br3NOS/c13-8-4-2-1-3-5-9(8)16-12(17)7-6-10(14)18-11(7)15/h6,8-9H,1-5H2,(H,16,17). The smallest absolute Gasteiger partial charge is 0.253 e. The second-order valence-electron chi connectivity index (χ2n) is 4.47. The van der Waals surface area contributed by atoms with Crippen LogP contribution < -0.4 is 5.32 Å². The minimum atomic E-state index is 0.0141. The fourth-order valence-electron chi connectivity index (χ4n) is 2.17. The lowest BCUT2D eigenvalue weighted by Gasteiger charge is -2.21. The zero-order chi connectivity index (χ0) is 13.1.